The van der Waals surface area contributed by atoms with Gasteiger partial charge in [-0.15, -0.1) is 0 Å². The molecule has 0 atom stereocenters. The van der Waals surface area contributed by atoms with Crippen LogP contribution in [0.2, 0.25) is 10.0 Å². The van der Waals surface area contributed by atoms with Crippen molar-refractivity contribution in [3.63, 3.8) is 0 Å². The number of fused-ring (bicyclic) bond motifs is 1. The zero-order chi connectivity index (χ0) is 18.5. The minimum atomic E-state index is -0.271. The Morgan fingerprint density at radius 2 is 2.00 bits per heavy atom. The fourth-order valence-corrected chi connectivity index (χ4v) is 2.91. The molecule has 136 valence electrons. The van der Waals surface area contributed by atoms with Crippen LogP contribution in [0.25, 0.3) is 11.0 Å². The van der Waals surface area contributed by atoms with E-state index in [-0.39, 0.29) is 18.2 Å². The van der Waals surface area contributed by atoms with Gasteiger partial charge in [0.2, 0.25) is 0 Å². The van der Waals surface area contributed by atoms with Crippen LogP contribution in [0.3, 0.4) is 0 Å². The average molecular weight is 394 g/mol. The summed E-state index contributed by atoms with van der Waals surface area (Å²) in [6.45, 7) is 0.772. The topological polar surface area (TPSA) is 76.1 Å². The summed E-state index contributed by atoms with van der Waals surface area (Å²) >= 11 is 11.8. The lowest BCUT2D eigenvalue weighted by atomic mass is 10.3. The number of imidazole rings is 1. The van der Waals surface area contributed by atoms with Gasteiger partial charge >= 0.3 is 5.69 Å². The van der Waals surface area contributed by atoms with Crippen molar-refractivity contribution in [3.8, 4) is 5.75 Å². The summed E-state index contributed by atoms with van der Waals surface area (Å²) in [5.74, 6) is 0.0898. The second-order valence-corrected chi connectivity index (χ2v) is 6.51. The van der Waals surface area contributed by atoms with E-state index in [0.717, 1.165) is 11.0 Å². The second kappa shape index (κ2) is 8.29. The largest absolute Gasteiger partial charge is 0.482 e. The van der Waals surface area contributed by atoms with Gasteiger partial charge in [0, 0.05) is 24.2 Å². The predicted octanol–water partition coefficient (Wildman–Crippen LogP) is 3.22. The van der Waals surface area contributed by atoms with E-state index in [1.807, 2.05) is 24.3 Å². The highest BCUT2D eigenvalue weighted by molar-refractivity contribution is 6.34. The zero-order valence-electron chi connectivity index (χ0n) is 13.8. The maximum atomic E-state index is 12.0. The fraction of sp³-hybridized carbons (Fsp3) is 0.222. The highest BCUT2D eigenvalue weighted by atomic mass is 35.5. The highest BCUT2D eigenvalue weighted by Crippen LogP contribution is 2.27. The van der Waals surface area contributed by atoms with Gasteiger partial charge in [0.15, 0.2) is 6.61 Å². The number of nitrogens with zero attached hydrogens (tertiary/aromatic N) is 1. The molecule has 0 saturated carbocycles. The smallest absolute Gasteiger partial charge is 0.326 e. The molecule has 2 N–H and O–H groups in total. The van der Waals surface area contributed by atoms with E-state index >= 15 is 0 Å². The van der Waals surface area contributed by atoms with Crippen LogP contribution < -0.4 is 15.7 Å². The molecule has 6 nitrogen and oxygen atoms in total. The third kappa shape index (κ3) is 4.39. The average Bonchev–Trinajstić information content (AvgIpc) is 2.95. The number of benzene rings is 2. The third-order valence-electron chi connectivity index (χ3n) is 3.81. The monoisotopic (exact) mass is 393 g/mol. The van der Waals surface area contributed by atoms with E-state index in [2.05, 4.69) is 10.3 Å². The van der Waals surface area contributed by atoms with Crippen molar-refractivity contribution in [2.45, 2.75) is 13.0 Å². The van der Waals surface area contributed by atoms with Gasteiger partial charge in [-0.25, -0.2) is 4.79 Å². The third-order valence-corrected chi connectivity index (χ3v) is 4.36. The molecule has 26 heavy (non-hydrogen) atoms. The van der Waals surface area contributed by atoms with E-state index in [0.29, 0.717) is 35.3 Å². The maximum absolute atomic E-state index is 12.0. The number of aromatic amines is 1. The van der Waals surface area contributed by atoms with Crippen LogP contribution >= 0.6 is 23.2 Å². The number of amides is 1. The van der Waals surface area contributed by atoms with E-state index in [1.165, 1.54) is 0 Å². The Hall–Kier alpha value is -2.44. The molecule has 8 heteroatoms. The van der Waals surface area contributed by atoms with Crippen molar-refractivity contribution in [1.29, 1.82) is 0 Å². The Labute approximate surface area is 159 Å². The summed E-state index contributed by atoms with van der Waals surface area (Å²) in [7, 11) is 0. The maximum Gasteiger partial charge on any atom is 0.326 e. The van der Waals surface area contributed by atoms with Gasteiger partial charge in [0.05, 0.1) is 16.1 Å². The highest BCUT2D eigenvalue weighted by Gasteiger charge is 2.08. The molecular weight excluding hydrogens is 377 g/mol. The number of halogens is 2. The number of hydrogen-bond donors (Lipinski definition) is 2. The Morgan fingerprint density at radius 3 is 2.85 bits per heavy atom. The summed E-state index contributed by atoms with van der Waals surface area (Å²) in [6.07, 6.45) is 0.616. The molecule has 3 rings (SSSR count). The Balaban J connectivity index is 1.46. The SMILES string of the molecule is O=C(COc1cc(Cl)ccc1Cl)NCCCn1c(=O)[nH]c2ccccc21. The Kier molecular flexibility index (Phi) is 5.85. The standard InChI is InChI=1S/C18H17Cl2N3O3/c19-12-6-7-13(20)16(10-12)26-11-17(24)21-8-3-9-23-15-5-2-1-4-14(15)22-18(23)25/h1-2,4-7,10H,3,8-9,11H2,(H,21,24)(H,22,25). The first kappa shape index (κ1) is 18.4. The lowest BCUT2D eigenvalue weighted by Gasteiger charge is -2.09. The number of rotatable bonds is 7. The molecule has 1 heterocycles. The number of H-pyrrole nitrogens is 1. The van der Waals surface area contributed by atoms with Crippen molar-refractivity contribution >= 4 is 40.1 Å². The van der Waals surface area contributed by atoms with Crippen LogP contribution in [0.4, 0.5) is 0 Å². The van der Waals surface area contributed by atoms with Crippen molar-refractivity contribution in [2.75, 3.05) is 13.2 Å². The summed E-state index contributed by atoms with van der Waals surface area (Å²) in [5.41, 5.74) is 1.49. The van der Waals surface area contributed by atoms with Gasteiger partial charge in [0.1, 0.15) is 5.75 Å². The van der Waals surface area contributed by atoms with E-state index in [9.17, 15) is 9.59 Å². The van der Waals surface area contributed by atoms with Gasteiger partial charge in [0.25, 0.3) is 5.91 Å². The number of para-hydroxylation sites is 2. The minimum absolute atomic E-state index is 0.156. The number of hydrogen-bond acceptors (Lipinski definition) is 3. The van der Waals surface area contributed by atoms with Gasteiger partial charge in [-0.1, -0.05) is 35.3 Å². The molecule has 1 aromatic heterocycles. The molecule has 0 unspecified atom stereocenters. The number of carbonyl (C=O) groups is 1. The molecule has 0 fully saturated rings. The van der Waals surface area contributed by atoms with Gasteiger partial charge < -0.3 is 15.0 Å². The molecule has 1 amide bonds. The molecule has 0 aliphatic heterocycles. The quantitative estimate of drug-likeness (QED) is 0.605. The summed E-state index contributed by atoms with van der Waals surface area (Å²) in [4.78, 5) is 26.6. The molecule has 0 aliphatic rings. The normalized spacial score (nSPS) is 10.8. The van der Waals surface area contributed by atoms with Gasteiger partial charge in [-0.2, -0.15) is 0 Å². The Bertz CT molecular complexity index is 981. The molecule has 0 spiro atoms. The van der Waals surface area contributed by atoms with Gasteiger partial charge in [-0.05, 0) is 30.7 Å². The molecule has 3 aromatic rings. The van der Waals surface area contributed by atoms with Crippen LogP contribution in [-0.4, -0.2) is 28.6 Å². The summed E-state index contributed by atoms with van der Waals surface area (Å²) in [6, 6.07) is 12.3. The second-order valence-electron chi connectivity index (χ2n) is 5.67. The predicted molar refractivity (Wildman–Crippen MR) is 102 cm³/mol. The van der Waals surface area contributed by atoms with Crippen LogP contribution in [0, 0.1) is 0 Å². The van der Waals surface area contributed by atoms with Crippen LogP contribution in [0.1, 0.15) is 6.42 Å². The van der Waals surface area contributed by atoms with Gasteiger partial charge in [-0.3, -0.25) is 9.36 Å². The van der Waals surface area contributed by atoms with Crippen LogP contribution in [0.15, 0.2) is 47.3 Å². The van der Waals surface area contributed by atoms with E-state index in [4.69, 9.17) is 27.9 Å². The number of ether oxygens (including phenoxy) is 1. The Morgan fingerprint density at radius 1 is 1.19 bits per heavy atom. The van der Waals surface area contributed by atoms with E-state index < -0.39 is 0 Å². The van der Waals surface area contributed by atoms with Crippen molar-refractivity contribution in [3.05, 3.63) is 63.0 Å². The minimum Gasteiger partial charge on any atom is -0.482 e. The number of aryl methyl sites for hydroxylation is 1. The molecule has 0 bridgehead atoms. The molecule has 2 aromatic carbocycles. The number of aromatic nitrogens is 2. The zero-order valence-corrected chi connectivity index (χ0v) is 15.3. The van der Waals surface area contributed by atoms with E-state index in [1.54, 1.807) is 22.8 Å². The molecule has 0 radical (unpaired) electrons. The number of nitrogens with one attached hydrogen (secondary N) is 2. The van der Waals surface area contributed by atoms with Crippen molar-refractivity contribution in [1.82, 2.24) is 14.9 Å². The lowest BCUT2D eigenvalue weighted by molar-refractivity contribution is -0.123. The lowest BCUT2D eigenvalue weighted by Crippen LogP contribution is -2.30. The summed E-state index contributed by atoms with van der Waals surface area (Å²) in [5, 5.41) is 3.62. The first-order chi connectivity index (χ1) is 12.5. The molecule has 0 saturated heterocycles. The fourth-order valence-electron chi connectivity index (χ4n) is 2.58. The van der Waals surface area contributed by atoms with Crippen LogP contribution in [-0.2, 0) is 11.3 Å². The van der Waals surface area contributed by atoms with Crippen molar-refractivity contribution in [2.24, 2.45) is 0 Å². The first-order valence-corrected chi connectivity index (χ1v) is 8.82. The van der Waals surface area contributed by atoms with Crippen LogP contribution in [0.5, 0.6) is 5.75 Å². The molecule has 0 aliphatic carbocycles. The number of carbonyl (C=O) groups excluding carboxylic acids is 1. The van der Waals surface area contributed by atoms with Crippen molar-refractivity contribution < 1.29 is 9.53 Å². The molecular formula is C18H17Cl2N3O3. The summed E-state index contributed by atoms with van der Waals surface area (Å²) < 4.78 is 7.03. The first-order valence-electron chi connectivity index (χ1n) is 8.06.